The average molecular weight is 515 g/mol. The lowest BCUT2D eigenvalue weighted by Gasteiger charge is -2.49. The highest BCUT2D eigenvalue weighted by Crippen LogP contribution is 2.42. The van der Waals surface area contributed by atoms with Crippen LogP contribution in [-0.4, -0.2) is 63.0 Å². The smallest absolute Gasteiger partial charge is 0.244 e. The second-order valence-corrected chi connectivity index (χ2v) is 11.2. The van der Waals surface area contributed by atoms with Gasteiger partial charge in [-0.3, -0.25) is 9.58 Å². The number of nitrogens with zero attached hydrogens (tertiary/aromatic N) is 3. The summed E-state index contributed by atoms with van der Waals surface area (Å²) < 4.78 is 54.8. The van der Waals surface area contributed by atoms with Crippen molar-refractivity contribution in [1.82, 2.24) is 19.4 Å². The molecule has 0 saturated carbocycles. The lowest BCUT2D eigenvalue weighted by molar-refractivity contribution is 0.0306. The fourth-order valence-corrected chi connectivity index (χ4v) is 6.81. The summed E-state index contributed by atoms with van der Waals surface area (Å²) in [6, 6.07) is 13.4. The number of sulfonamides is 1. The van der Waals surface area contributed by atoms with Gasteiger partial charge in [-0.15, -0.1) is 0 Å². The number of methoxy groups -OCH3 is 2. The molecule has 1 aromatic heterocycles. The molecule has 8 nitrogen and oxygen atoms in total. The summed E-state index contributed by atoms with van der Waals surface area (Å²) in [5, 5.41) is 4.68. The maximum absolute atomic E-state index is 13.3. The van der Waals surface area contributed by atoms with Gasteiger partial charge in [0.05, 0.1) is 19.9 Å². The number of halogens is 1. The van der Waals surface area contributed by atoms with Gasteiger partial charge in [-0.25, -0.2) is 17.5 Å². The zero-order valence-corrected chi connectivity index (χ0v) is 21.5. The summed E-state index contributed by atoms with van der Waals surface area (Å²) in [6.07, 6.45) is 1.97. The Morgan fingerprint density at radius 2 is 1.89 bits per heavy atom. The van der Waals surface area contributed by atoms with E-state index in [2.05, 4.69) is 20.8 Å². The summed E-state index contributed by atoms with van der Waals surface area (Å²) in [7, 11) is 1.12. The van der Waals surface area contributed by atoms with Crippen LogP contribution in [0.4, 0.5) is 4.39 Å². The average Bonchev–Trinajstić information content (AvgIpc) is 3.29. The van der Waals surface area contributed by atoms with Gasteiger partial charge in [0.15, 0.2) is 0 Å². The lowest BCUT2D eigenvalue weighted by atomic mass is 9.74. The van der Waals surface area contributed by atoms with Crippen molar-refractivity contribution >= 4 is 10.0 Å². The molecule has 2 aromatic carbocycles. The van der Waals surface area contributed by atoms with Crippen LogP contribution in [0.2, 0.25) is 0 Å². The molecule has 6 rings (SSSR count). The molecule has 3 fully saturated rings. The molecule has 10 heteroatoms. The zero-order chi connectivity index (χ0) is 25.4. The first kappa shape index (κ1) is 24.7. The number of hydrogen-bond acceptors (Lipinski definition) is 6. The maximum Gasteiger partial charge on any atom is 0.244 e. The van der Waals surface area contributed by atoms with Gasteiger partial charge in [-0.05, 0) is 67.8 Å². The molecule has 192 valence electrons. The van der Waals surface area contributed by atoms with Crippen LogP contribution in [0.3, 0.4) is 0 Å². The van der Waals surface area contributed by atoms with E-state index in [9.17, 15) is 12.8 Å². The van der Waals surface area contributed by atoms with Gasteiger partial charge >= 0.3 is 0 Å². The van der Waals surface area contributed by atoms with Gasteiger partial charge in [0.25, 0.3) is 0 Å². The molecule has 3 aliphatic rings. The van der Waals surface area contributed by atoms with E-state index in [0.29, 0.717) is 24.1 Å². The van der Waals surface area contributed by atoms with E-state index in [1.54, 1.807) is 24.3 Å². The Bertz CT molecular complexity index is 1340. The highest BCUT2D eigenvalue weighted by atomic mass is 32.2. The Kier molecular flexibility index (Phi) is 6.76. The predicted molar refractivity (Wildman–Crippen MR) is 134 cm³/mol. The standard InChI is InChI=1S/C26H31FN4O4S/c1-30-24(14-23(29-30)17-4-6-19(27)7-5-17)22-16-31-11-10-18(22)12-20(31)15-28-36(32,33)26-13-21(34-2)8-9-25(26)35-3/h4-9,13-14,18,20,22,28H,10-12,15-16H2,1-3H3. The minimum absolute atomic E-state index is 0.0707. The molecule has 4 unspecified atom stereocenters. The molecule has 0 radical (unpaired) electrons. The molecule has 0 aliphatic carbocycles. The van der Waals surface area contributed by atoms with Gasteiger partial charge in [0, 0.05) is 49.4 Å². The van der Waals surface area contributed by atoms with Gasteiger partial charge in [0.1, 0.15) is 22.2 Å². The van der Waals surface area contributed by atoms with Crippen LogP contribution in [-0.2, 0) is 17.1 Å². The number of rotatable bonds is 8. The van der Waals surface area contributed by atoms with Crippen LogP contribution in [0.1, 0.15) is 24.5 Å². The SMILES string of the molecule is COc1ccc(OC)c(S(=O)(=O)NCC2CC3CCN2CC3c2cc(-c3ccc(F)cc3)nn2C)c1. The first-order valence-corrected chi connectivity index (χ1v) is 13.5. The van der Waals surface area contributed by atoms with Crippen molar-refractivity contribution in [2.45, 2.75) is 29.7 Å². The topological polar surface area (TPSA) is 85.7 Å². The second-order valence-electron chi connectivity index (χ2n) is 9.49. The fraction of sp³-hybridized carbons (Fsp3) is 0.423. The second kappa shape index (κ2) is 9.84. The quantitative estimate of drug-likeness (QED) is 0.496. The molecule has 2 bridgehead atoms. The molecule has 1 N–H and O–H groups in total. The molecule has 3 saturated heterocycles. The van der Waals surface area contributed by atoms with Crippen molar-refractivity contribution in [2.75, 3.05) is 33.9 Å². The molecule has 36 heavy (non-hydrogen) atoms. The molecule has 4 atom stereocenters. The van der Waals surface area contributed by atoms with Crippen molar-refractivity contribution in [3.05, 3.63) is 60.0 Å². The van der Waals surface area contributed by atoms with Crippen molar-refractivity contribution in [3.63, 3.8) is 0 Å². The van der Waals surface area contributed by atoms with Crippen LogP contribution >= 0.6 is 0 Å². The zero-order valence-electron chi connectivity index (χ0n) is 20.6. The van der Waals surface area contributed by atoms with E-state index in [1.807, 2.05) is 11.7 Å². The number of piperidine rings is 3. The summed E-state index contributed by atoms with van der Waals surface area (Å²) in [5.41, 5.74) is 2.88. The minimum atomic E-state index is -3.78. The Morgan fingerprint density at radius 3 is 2.56 bits per heavy atom. The summed E-state index contributed by atoms with van der Waals surface area (Å²) in [5.74, 6) is 1.22. The van der Waals surface area contributed by atoms with E-state index in [1.165, 1.54) is 32.4 Å². The normalized spacial score (nSPS) is 23.6. The number of hydrogen-bond donors (Lipinski definition) is 1. The van der Waals surface area contributed by atoms with Crippen molar-refractivity contribution in [1.29, 1.82) is 0 Å². The first-order valence-electron chi connectivity index (χ1n) is 12.0. The van der Waals surface area contributed by atoms with E-state index in [4.69, 9.17) is 9.47 Å². The van der Waals surface area contributed by atoms with Crippen molar-refractivity contribution in [2.24, 2.45) is 13.0 Å². The Hall–Kier alpha value is -2.95. The van der Waals surface area contributed by atoms with Crippen LogP contribution in [0.5, 0.6) is 11.5 Å². The van der Waals surface area contributed by atoms with E-state index >= 15 is 0 Å². The van der Waals surface area contributed by atoms with Crippen molar-refractivity contribution in [3.8, 4) is 22.8 Å². The number of aromatic nitrogens is 2. The maximum atomic E-state index is 13.3. The molecule has 0 spiro atoms. The molecule has 4 heterocycles. The Balaban J connectivity index is 1.28. The largest absolute Gasteiger partial charge is 0.497 e. The molecule has 0 amide bonds. The number of fused-ring (bicyclic) bond motifs is 3. The van der Waals surface area contributed by atoms with Gasteiger partial charge in [0.2, 0.25) is 10.0 Å². The van der Waals surface area contributed by atoms with Crippen LogP contribution < -0.4 is 14.2 Å². The van der Waals surface area contributed by atoms with Crippen LogP contribution in [0.15, 0.2) is 53.4 Å². The lowest BCUT2D eigenvalue weighted by Crippen LogP contribution is -2.56. The molecule has 3 aromatic rings. The minimum Gasteiger partial charge on any atom is -0.497 e. The van der Waals surface area contributed by atoms with Gasteiger partial charge in [-0.1, -0.05) is 0 Å². The third-order valence-corrected chi connectivity index (χ3v) is 8.93. The van der Waals surface area contributed by atoms with Gasteiger partial charge < -0.3 is 9.47 Å². The van der Waals surface area contributed by atoms with Crippen LogP contribution in [0, 0.1) is 11.7 Å². The fourth-order valence-electron chi connectivity index (χ4n) is 5.55. The summed E-state index contributed by atoms with van der Waals surface area (Å²) in [6.45, 7) is 2.12. The summed E-state index contributed by atoms with van der Waals surface area (Å²) >= 11 is 0. The number of ether oxygens (including phenoxy) is 2. The number of aryl methyl sites for hydroxylation is 1. The monoisotopic (exact) mass is 514 g/mol. The summed E-state index contributed by atoms with van der Waals surface area (Å²) in [4.78, 5) is 2.45. The molecular weight excluding hydrogens is 483 g/mol. The first-order chi connectivity index (χ1) is 17.3. The van der Waals surface area contributed by atoms with Crippen LogP contribution in [0.25, 0.3) is 11.3 Å². The number of benzene rings is 2. The van der Waals surface area contributed by atoms with E-state index in [0.717, 1.165) is 42.9 Å². The Labute approximate surface area is 211 Å². The van der Waals surface area contributed by atoms with Crippen molar-refractivity contribution < 1.29 is 22.3 Å². The van der Waals surface area contributed by atoms with Gasteiger partial charge in [-0.2, -0.15) is 5.10 Å². The highest BCUT2D eigenvalue weighted by molar-refractivity contribution is 7.89. The third-order valence-electron chi connectivity index (χ3n) is 7.48. The predicted octanol–water partition coefficient (Wildman–Crippen LogP) is 3.40. The molecule has 3 aliphatic heterocycles. The van der Waals surface area contributed by atoms with E-state index < -0.39 is 10.0 Å². The Morgan fingerprint density at radius 1 is 1.11 bits per heavy atom. The third kappa shape index (κ3) is 4.72. The van der Waals surface area contributed by atoms with E-state index in [-0.39, 0.29) is 22.5 Å². The number of nitrogens with one attached hydrogen (secondary N) is 1. The molecular formula is C26H31FN4O4S. The highest BCUT2D eigenvalue weighted by Gasteiger charge is 2.42.